The standard InChI is InChI=1S/C12H13N5OS/c18-12(10-8-14-19-16-10)15-9-3-4-11(13-7-9)17-5-1-2-6-17/h3-4,7-8H,1-2,5-6H2,(H,15,18). The molecular weight excluding hydrogens is 262 g/mol. The van der Waals surface area contributed by atoms with Crippen molar-refractivity contribution in [2.75, 3.05) is 23.3 Å². The molecule has 1 saturated heterocycles. The average Bonchev–Trinajstić information content (AvgIpc) is 3.13. The van der Waals surface area contributed by atoms with Crippen LogP contribution >= 0.6 is 11.7 Å². The van der Waals surface area contributed by atoms with Crippen molar-refractivity contribution < 1.29 is 4.79 Å². The van der Waals surface area contributed by atoms with Crippen LogP contribution in [0.15, 0.2) is 24.5 Å². The highest BCUT2D eigenvalue weighted by Gasteiger charge is 2.14. The molecule has 0 aliphatic carbocycles. The molecule has 19 heavy (non-hydrogen) atoms. The van der Waals surface area contributed by atoms with Crippen LogP contribution in [0.5, 0.6) is 0 Å². The van der Waals surface area contributed by atoms with Crippen LogP contribution in [-0.2, 0) is 0 Å². The molecule has 1 N–H and O–H groups in total. The van der Waals surface area contributed by atoms with Gasteiger partial charge in [0.05, 0.1) is 29.8 Å². The van der Waals surface area contributed by atoms with Crippen LogP contribution in [0.4, 0.5) is 11.5 Å². The van der Waals surface area contributed by atoms with Gasteiger partial charge in [0.2, 0.25) is 0 Å². The highest BCUT2D eigenvalue weighted by Crippen LogP contribution is 2.19. The van der Waals surface area contributed by atoms with Crippen molar-refractivity contribution in [2.24, 2.45) is 0 Å². The number of nitrogens with zero attached hydrogens (tertiary/aromatic N) is 4. The predicted molar refractivity (Wildman–Crippen MR) is 73.5 cm³/mol. The average molecular weight is 275 g/mol. The molecule has 1 fully saturated rings. The molecule has 6 nitrogen and oxygen atoms in total. The maximum Gasteiger partial charge on any atom is 0.277 e. The number of hydrogen-bond acceptors (Lipinski definition) is 6. The number of amides is 1. The van der Waals surface area contributed by atoms with E-state index in [1.807, 2.05) is 12.1 Å². The minimum absolute atomic E-state index is 0.260. The summed E-state index contributed by atoms with van der Waals surface area (Å²) >= 11 is 1.01. The first-order valence-electron chi connectivity index (χ1n) is 6.13. The van der Waals surface area contributed by atoms with Gasteiger partial charge in [-0.15, -0.1) is 0 Å². The third-order valence-corrected chi connectivity index (χ3v) is 3.51. The summed E-state index contributed by atoms with van der Waals surface area (Å²) in [6.45, 7) is 2.12. The molecule has 1 aliphatic heterocycles. The highest BCUT2D eigenvalue weighted by molar-refractivity contribution is 6.99. The molecule has 0 saturated carbocycles. The Hall–Kier alpha value is -2.02. The lowest BCUT2D eigenvalue weighted by Gasteiger charge is -2.16. The lowest BCUT2D eigenvalue weighted by Crippen LogP contribution is -2.19. The Morgan fingerprint density at radius 2 is 2.11 bits per heavy atom. The van der Waals surface area contributed by atoms with Gasteiger partial charge in [-0.3, -0.25) is 4.79 Å². The van der Waals surface area contributed by atoms with E-state index in [1.54, 1.807) is 6.20 Å². The first kappa shape index (κ1) is 12.0. The van der Waals surface area contributed by atoms with Crippen LogP contribution in [0, 0.1) is 0 Å². The van der Waals surface area contributed by atoms with Gasteiger partial charge in [0, 0.05) is 13.1 Å². The van der Waals surface area contributed by atoms with Crippen molar-refractivity contribution in [3.63, 3.8) is 0 Å². The van der Waals surface area contributed by atoms with E-state index in [9.17, 15) is 4.79 Å². The van der Waals surface area contributed by atoms with E-state index in [4.69, 9.17) is 0 Å². The van der Waals surface area contributed by atoms with Crippen LogP contribution in [0.3, 0.4) is 0 Å². The Labute approximate surface area is 114 Å². The minimum atomic E-state index is -0.260. The second-order valence-electron chi connectivity index (χ2n) is 4.35. The molecule has 7 heteroatoms. The minimum Gasteiger partial charge on any atom is -0.357 e. The van der Waals surface area contributed by atoms with E-state index in [-0.39, 0.29) is 5.91 Å². The highest BCUT2D eigenvalue weighted by atomic mass is 32.1. The number of anilines is 2. The first-order chi connectivity index (χ1) is 9.33. The lowest BCUT2D eigenvalue weighted by atomic mass is 10.3. The maximum absolute atomic E-state index is 11.8. The van der Waals surface area contributed by atoms with Gasteiger partial charge in [-0.25, -0.2) is 4.98 Å². The zero-order valence-corrected chi connectivity index (χ0v) is 11.1. The summed E-state index contributed by atoms with van der Waals surface area (Å²) in [5.41, 5.74) is 0.995. The number of aromatic nitrogens is 3. The normalized spacial score (nSPS) is 14.6. The van der Waals surface area contributed by atoms with Gasteiger partial charge in [-0.1, -0.05) is 0 Å². The Balaban J connectivity index is 1.67. The molecular formula is C12H13N5OS. The molecule has 98 valence electrons. The van der Waals surface area contributed by atoms with Gasteiger partial charge >= 0.3 is 0 Å². The summed E-state index contributed by atoms with van der Waals surface area (Å²) in [5.74, 6) is 0.704. The van der Waals surface area contributed by atoms with E-state index in [1.165, 1.54) is 19.0 Å². The summed E-state index contributed by atoms with van der Waals surface area (Å²) in [7, 11) is 0. The summed E-state index contributed by atoms with van der Waals surface area (Å²) in [6.07, 6.45) is 5.56. The molecule has 3 heterocycles. The summed E-state index contributed by atoms with van der Waals surface area (Å²) < 4.78 is 7.68. The molecule has 0 spiro atoms. The van der Waals surface area contributed by atoms with Gasteiger partial charge in [0.25, 0.3) is 5.91 Å². The van der Waals surface area contributed by atoms with Gasteiger partial charge in [-0.05, 0) is 25.0 Å². The quantitative estimate of drug-likeness (QED) is 0.924. The van der Waals surface area contributed by atoms with Gasteiger partial charge in [0.1, 0.15) is 5.82 Å². The Kier molecular flexibility index (Phi) is 3.37. The maximum atomic E-state index is 11.8. The monoisotopic (exact) mass is 275 g/mol. The van der Waals surface area contributed by atoms with E-state index >= 15 is 0 Å². The van der Waals surface area contributed by atoms with Crippen LogP contribution < -0.4 is 10.2 Å². The van der Waals surface area contributed by atoms with E-state index < -0.39 is 0 Å². The smallest absolute Gasteiger partial charge is 0.277 e. The second kappa shape index (κ2) is 5.31. The van der Waals surface area contributed by atoms with Crippen molar-refractivity contribution in [3.8, 4) is 0 Å². The molecule has 0 bridgehead atoms. The predicted octanol–water partition coefficient (Wildman–Crippen LogP) is 1.79. The fourth-order valence-electron chi connectivity index (χ4n) is 2.05. The van der Waals surface area contributed by atoms with Crippen molar-refractivity contribution in [1.82, 2.24) is 13.7 Å². The largest absolute Gasteiger partial charge is 0.357 e. The summed E-state index contributed by atoms with van der Waals surface area (Å²) in [6, 6.07) is 3.79. The summed E-state index contributed by atoms with van der Waals surface area (Å²) in [5, 5.41) is 2.75. The van der Waals surface area contributed by atoms with E-state index in [0.717, 1.165) is 30.6 Å². The molecule has 0 radical (unpaired) electrons. The third kappa shape index (κ3) is 2.70. The lowest BCUT2D eigenvalue weighted by molar-refractivity contribution is 0.102. The Bertz CT molecular complexity index is 548. The van der Waals surface area contributed by atoms with E-state index in [2.05, 4.69) is 23.9 Å². The molecule has 2 aromatic heterocycles. The van der Waals surface area contributed by atoms with Gasteiger partial charge in [0.15, 0.2) is 5.69 Å². The number of nitrogens with one attached hydrogen (secondary N) is 1. The number of carbonyl (C=O) groups is 1. The number of rotatable bonds is 3. The Morgan fingerprint density at radius 3 is 2.74 bits per heavy atom. The van der Waals surface area contributed by atoms with Crippen LogP contribution in [0.25, 0.3) is 0 Å². The van der Waals surface area contributed by atoms with Crippen LogP contribution in [0.1, 0.15) is 23.3 Å². The molecule has 3 rings (SSSR count). The third-order valence-electron chi connectivity index (χ3n) is 3.03. The Morgan fingerprint density at radius 1 is 1.26 bits per heavy atom. The zero-order chi connectivity index (χ0) is 13.1. The number of pyridine rings is 1. The van der Waals surface area contributed by atoms with Gasteiger partial charge < -0.3 is 10.2 Å². The van der Waals surface area contributed by atoms with Crippen LogP contribution in [-0.4, -0.2) is 32.7 Å². The molecule has 2 aromatic rings. The second-order valence-corrected chi connectivity index (χ2v) is 4.90. The van der Waals surface area contributed by atoms with Crippen molar-refractivity contribution >= 4 is 29.1 Å². The SMILES string of the molecule is O=C(Nc1ccc(N2CCCC2)nc1)c1cnsn1. The summed E-state index contributed by atoms with van der Waals surface area (Å²) in [4.78, 5) is 18.4. The fraction of sp³-hybridized carbons (Fsp3) is 0.333. The van der Waals surface area contributed by atoms with Crippen molar-refractivity contribution in [2.45, 2.75) is 12.8 Å². The number of carbonyl (C=O) groups excluding carboxylic acids is 1. The fourth-order valence-corrected chi connectivity index (χ4v) is 2.47. The molecule has 0 atom stereocenters. The molecule has 0 unspecified atom stereocenters. The first-order valence-corrected chi connectivity index (χ1v) is 6.86. The molecule has 0 aromatic carbocycles. The topological polar surface area (TPSA) is 71.0 Å². The number of hydrogen-bond donors (Lipinski definition) is 1. The molecule has 1 amide bonds. The van der Waals surface area contributed by atoms with Crippen LogP contribution in [0.2, 0.25) is 0 Å². The molecule has 1 aliphatic rings. The zero-order valence-electron chi connectivity index (χ0n) is 10.2. The van der Waals surface area contributed by atoms with Crippen molar-refractivity contribution in [1.29, 1.82) is 0 Å². The van der Waals surface area contributed by atoms with Crippen molar-refractivity contribution in [3.05, 3.63) is 30.2 Å². The van der Waals surface area contributed by atoms with E-state index in [0.29, 0.717) is 11.4 Å². The van der Waals surface area contributed by atoms with Gasteiger partial charge in [-0.2, -0.15) is 8.75 Å².